The highest BCUT2D eigenvalue weighted by Gasteiger charge is 2.04. The van der Waals surface area contributed by atoms with Gasteiger partial charge in [-0.3, -0.25) is 10.0 Å². The summed E-state index contributed by atoms with van der Waals surface area (Å²) >= 11 is 0. The van der Waals surface area contributed by atoms with Crippen molar-refractivity contribution in [3.63, 3.8) is 0 Å². The van der Waals surface area contributed by atoms with Gasteiger partial charge in [0.2, 0.25) is 0 Å². The lowest BCUT2D eigenvalue weighted by atomic mass is 10.2. The number of aliphatic hydroxyl groups is 1. The Morgan fingerprint density at radius 3 is 2.93 bits per heavy atom. The number of hydroxylamine groups is 1. The minimum atomic E-state index is -0.581. The minimum Gasteiger partial charge on any atom is -0.493 e. The van der Waals surface area contributed by atoms with Crippen LogP contribution in [0.25, 0.3) is 0 Å². The summed E-state index contributed by atoms with van der Waals surface area (Å²) in [4.78, 5) is 11.0. The maximum Gasteiger partial charge on any atom is 0.274 e. The predicted octanol–water partition coefficient (Wildman–Crippen LogP) is 0.567. The number of carbonyl (C=O) groups is 1. The molecule has 3 N–H and O–H groups in total. The lowest BCUT2D eigenvalue weighted by molar-refractivity contribution is 0.0706. The van der Waals surface area contributed by atoms with Crippen LogP contribution in [0.1, 0.15) is 16.8 Å². The van der Waals surface area contributed by atoms with Gasteiger partial charge < -0.3 is 9.84 Å². The summed E-state index contributed by atoms with van der Waals surface area (Å²) in [6, 6.07) is 6.43. The number of hydrogen-bond acceptors (Lipinski definition) is 4. The van der Waals surface area contributed by atoms with Crippen LogP contribution in [-0.4, -0.2) is 29.4 Å². The summed E-state index contributed by atoms with van der Waals surface area (Å²) in [6.07, 6.45) is 0.538. The van der Waals surface area contributed by atoms with Crippen LogP contribution in [0.5, 0.6) is 5.75 Å². The molecule has 0 heterocycles. The van der Waals surface area contributed by atoms with E-state index < -0.39 is 5.91 Å². The van der Waals surface area contributed by atoms with Crippen molar-refractivity contribution in [2.75, 3.05) is 13.2 Å². The number of carbonyl (C=O) groups excluding carboxylic acids is 1. The molecule has 5 heteroatoms. The van der Waals surface area contributed by atoms with Crippen LogP contribution in [-0.2, 0) is 0 Å². The van der Waals surface area contributed by atoms with E-state index in [2.05, 4.69) is 0 Å². The zero-order valence-corrected chi connectivity index (χ0v) is 8.14. The third-order valence-electron chi connectivity index (χ3n) is 1.77. The van der Waals surface area contributed by atoms with E-state index in [1.54, 1.807) is 23.7 Å². The second-order valence-corrected chi connectivity index (χ2v) is 2.89. The fraction of sp³-hybridized carbons (Fsp3) is 0.300. The van der Waals surface area contributed by atoms with E-state index in [4.69, 9.17) is 15.1 Å². The molecule has 0 aliphatic carbocycles. The van der Waals surface area contributed by atoms with Crippen LogP contribution in [0, 0.1) is 0 Å². The van der Waals surface area contributed by atoms with Crippen molar-refractivity contribution in [3.05, 3.63) is 29.8 Å². The number of ether oxygens (including phenoxy) is 1. The van der Waals surface area contributed by atoms with Crippen molar-refractivity contribution in [1.29, 1.82) is 0 Å². The molecule has 0 fully saturated rings. The minimum absolute atomic E-state index is 0.0663. The van der Waals surface area contributed by atoms with E-state index in [9.17, 15) is 4.79 Å². The van der Waals surface area contributed by atoms with Gasteiger partial charge in [-0.1, -0.05) is 6.07 Å². The maximum absolute atomic E-state index is 11.0. The second-order valence-electron chi connectivity index (χ2n) is 2.89. The van der Waals surface area contributed by atoms with E-state index in [1.807, 2.05) is 0 Å². The average Bonchev–Trinajstić information content (AvgIpc) is 2.29. The SMILES string of the molecule is O=C(NO)c1cccc(OCCCO)c1. The van der Waals surface area contributed by atoms with Crippen molar-refractivity contribution >= 4 is 5.91 Å². The second kappa shape index (κ2) is 6.00. The summed E-state index contributed by atoms with van der Waals surface area (Å²) in [6.45, 7) is 0.456. The summed E-state index contributed by atoms with van der Waals surface area (Å²) in [5.41, 5.74) is 1.86. The van der Waals surface area contributed by atoms with Gasteiger partial charge in [-0.15, -0.1) is 0 Å². The van der Waals surface area contributed by atoms with Crippen molar-refractivity contribution in [3.8, 4) is 5.75 Å². The van der Waals surface area contributed by atoms with Gasteiger partial charge >= 0.3 is 0 Å². The molecular weight excluding hydrogens is 198 g/mol. The first-order valence-corrected chi connectivity index (χ1v) is 4.56. The first-order valence-electron chi connectivity index (χ1n) is 4.56. The molecule has 0 atom stereocenters. The largest absolute Gasteiger partial charge is 0.493 e. The van der Waals surface area contributed by atoms with Gasteiger partial charge in [-0.2, -0.15) is 0 Å². The van der Waals surface area contributed by atoms with Crippen LogP contribution in [0.4, 0.5) is 0 Å². The Morgan fingerprint density at radius 2 is 2.27 bits per heavy atom. The highest BCUT2D eigenvalue weighted by molar-refractivity contribution is 5.93. The molecule has 0 saturated heterocycles. The molecule has 0 bridgehead atoms. The van der Waals surface area contributed by atoms with Crippen LogP contribution in [0.2, 0.25) is 0 Å². The summed E-state index contributed by atoms with van der Waals surface area (Å²) in [5.74, 6) is -0.0489. The van der Waals surface area contributed by atoms with Gasteiger partial charge in [0.25, 0.3) is 5.91 Å². The quantitative estimate of drug-likeness (QED) is 0.378. The Hall–Kier alpha value is -1.59. The number of hydrogen-bond donors (Lipinski definition) is 3. The zero-order chi connectivity index (χ0) is 11.1. The van der Waals surface area contributed by atoms with Crippen molar-refractivity contribution in [2.45, 2.75) is 6.42 Å². The summed E-state index contributed by atoms with van der Waals surface area (Å²) in [7, 11) is 0. The Bertz CT molecular complexity index is 327. The van der Waals surface area contributed by atoms with Gasteiger partial charge in [-0.05, 0) is 18.2 Å². The highest BCUT2D eigenvalue weighted by atomic mass is 16.5. The third kappa shape index (κ3) is 3.57. The molecule has 5 nitrogen and oxygen atoms in total. The van der Waals surface area contributed by atoms with Gasteiger partial charge in [0, 0.05) is 18.6 Å². The molecule has 0 saturated carbocycles. The molecule has 15 heavy (non-hydrogen) atoms. The Kier molecular flexibility index (Phi) is 4.59. The lowest BCUT2D eigenvalue weighted by Gasteiger charge is -2.06. The van der Waals surface area contributed by atoms with Gasteiger partial charge in [0.05, 0.1) is 6.61 Å². The first-order chi connectivity index (χ1) is 7.27. The molecule has 1 aromatic carbocycles. The number of amides is 1. The summed E-state index contributed by atoms with van der Waals surface area (Å²) < 4.78 is 5.26. The van der Waals surface area contributed by atoms with Gasteiger partial charge in [0.15, 0.2) is 0 Å². The molecule has 0 aliphatic rings. The van der Waals surface area contributed by atoms with E-state index >= 15 is 0 Å². The molecule has 0 radical (unpaired) electrons. The van der Waals surface area contributed by atoms with Gasteiger partial charge in [-0.25, -0.2) is 5.48 Å². The van der Waals surface area contributed by atoms with Crippen LogP contribution < -0.4 is 10.2 Å². The molecular formula is C10H13NO4. The lowest BCUT2D eigenvalue weighted by Crippen LogP contribution is -2.18. The summed E-state index contributed by atoms with van der Waals surface area (Å²) in [5, 5.41) is 17.0. The van der Waals surface area contributed by atoms with Crippen molar-refractivity contribution in [2.24, 2.45) is 0 Å². The molecule has 82 valence electrons. The third-order valence-corrected chi connectivity index (χ3v) is 1.77. The van der Waals surface area contributed by atoms with Crippen molar-refractivity contribution < 1.29 is 19.8 Å². The molecule has 1 rings (SSSR count). The standard InChI is InChI=1S/C10H13NO4/c12-5-2-6-15-9-4-1-3-8(7-9)10(13)11-14/h1,3-4,7,12,14H,2,5-6H2,(H,11,13). The molecule has 0 aliphatic heterocycles. The zero-order valence-electron chi connectivity index (χ0n) is 8.14. The van der Waals surface area contributed by atoms with E-state index in [0.29, 0.717) is 24.3 Å². The Balaban J connectivity index is 2.62. The number of benzene rings is 1. The average molecular weight is 211 g/mol. The van der Waals surface area contributed by atoms with Crippen LogP contribution >= 0.6 is 0 Å². The van der Waals surface area contributed by atoms with E-state index in [0.717, 1.165) is 0 Å². The van der Waals surface area contributed by atoms with Crippen LogP contribution in [0.3, 0.4) is 0 Å². The normalized spacial score (nSPS) is 9.73. The Labute approximate surface area is 87.3 Å². The van der Waals surface area contributed by atoms with Gasteiger partial charge in [0.1, 0.15) is 5.75 Å². The first kappa shape index (κ1) is 11.5. The molecule has 1 aromatic rings. The molecule has 0 spiro atoms. The van der Waals surface area contributed by atoms with Crippen molar-refractivity contribution in [1.82, 2.24) is 5.48 Å². The fourth-order valence-corrected chi connectivity index (χ4v) is 1.05. The monoisotopic (exact) mass is 211 g/mol. The number of aliphatic hydroxyl groups excluding tert-OH is 1. The smallest absolute Gasteiger partial charge is 0.274 e. The molecule has 0 unspecified atom stereocenters. The van der Waals surface area contributed by atoms with Crippen LogP contribution in [0.15, 0.2) is 24.3 Å². The number of rotatable bonds is 5. The van der Waals surface area contributed by atoms with E-state index in [-0.39, 0.29) is 6.61 Å². The highest BCUT2D eigenvalue weighted by Crippen LogP contribution is 2.13. The fourth-order valence-electron chi connectivity index (χ4n) is 1.05. The van der Waals surface area contributed by atoms with E-state index in [1.165, 1.54) is 6.07 Å². The molecule has 1 amide bonds. The number of nitrogens with one attached hydrogen (secondary N) is 1. The maximum atomic E-state index is 11.0. The topological polar surface area (TPSA) is 78.8 Å². The Morgan fingerprint density at radius 1 is 1.47 bits per heavy atom. The predicted molar refractivity (Wildman–Crippen MR) is 52.9 cm³/mol. The molecule has 0 aromatic heterocycles.